The van der Waals surface area contributed by atoms with Crippen molar-refractivity contribution in [2.75, 3.05) is 26.2 Å². The molecule has 0 bridgehead atoms. The van der Waals surface area contributed by atoms with Crippen LogP contribution >= 0.6 is 0 Å². The van der Waals surface area contributed by atoms with E-state index in [9.17, 15) is 4.79 Å². The van der Waals surface area contributed by atoms with E-state index in [1.54, 1.807) is 0 Å². The molecule has 0 saturated carbocycles. The lowest BCUT2D eigenvalue weighted by Gasteiger charge is -2.35. The van der Waals surface area contributed by atoms with Crippen molar-refractivity contribution in [2.24, 2.45) is 5.92 Å². The fourth-order valence-electron chi connectivity index (χ4n) is 2.97. The molecule has 2 fully saturated rings. The maximum atomic E-state index is 12.0. The zero-order valence-electron chi connectivity index (χ0n) is 12.0. The molecule has 2 unspecified atom stereocenters. The van der Waals surface area contributed by atoms with Gasteiger partial charge >= 0.3 is 0 Å². The first-order valence-corrected chi connectivity index (χ1v) is 7.27. The summed E-state index contributed by atoms with van der Waals surface area (Å²) in [6, 6.07) is 0.705. The molecule has 2 heterocycles. The van der Waals surface area contributed by atoms with E-state index in [2.05, 4.69) is 36.3 Å². The Labute approximate surface area is 110 Å². The van der Waals surface area contributed by atoms with E-state index in [0.29, 0.717) is 12.6 Å². The van der Waals surface area contributed by atoms with Gasteiger partial charge in [0.25, 0.3) is 0 Å². The molecule has 0 radical (unpaired) electrons. The number of rotatable bonds is 4. The summed E-state index contributed by atoms with van der Waals surface area (Å²) in [5, 5.41) is 6.67. The lowest BCUT2D eigenvalue weighted by molar-refractivity contribution is -0.124. The molecule has 2 atom stereocenters. The van der Waals surface area contributed by atoms with Crippen LogP contribution in [0.1, 0.15) is 40.0 Å². The molecule has 0 spiro atoms. The standard InChI is InChI=1S/C14H27N3O/c1-4-14(2,3)16-13(18)10-17-8-6-12-11(9-17)5-7-15-12/h11-12,15H,4-10H2,1-3H3,(H,16,18). The number of amides is 1. The molecule has 2 rings (SSSR count). The van der Waals surface area contributed by atoms with E-state index < -0.39 is 0 Å². The second kappa shape index (κ2) is 5.57. The minimum atomic E-state index is -0.0790. The first-order chi connectivity index (χ1) is 8.50. The molecule has 4 heteroatoms. The van der Waals surface area contributed by atoms with Crippen molar-refractivity contribution in [1.29, 1.82) is 0 Å². The van der Waals surface area contributed by atoms with Crippen molar-refractivity contribution >= 4 is 5.91 Å². The quantitative estimate of drug-likeness (QED) is 0.785. The van der Waals surface area contributed by atoms with Gasteiger partial charge in [0.2, 0.25) is 5.91 Å². The number of fused-ring (bicyclic) bond motifs is 1. The van der Waals surface area contributed by atoms with Gasteiger partial charge in [0.1, 0.15) is 0 Å². The minimum Gasteiger partial charge on any atom is -0.350 e. The molecule has 104 valence electrons. The number of carbonyl (C=O) groups excluding carboxylic acids is 1. The summed E-state index contributed by atoms with van der Waals surface area (Å²) >= 11 is 0. The summed E-state index contributed by atoms with van der Waals surface area (Å²) in [7, 11) is 0. The van der Waals surface area contributed by atoms with Gasteiger partial charge in [-0.25, -0.2) is 0 Å². The summed E-state index contributed by atoms with van der Waals surface area (Å²) in [6.45, 7) is 10.1. The smallest absolute Gasteiger partial charge is 0.234 e. The fraction of sp³-hybridized carbons (Fsp3) is 0.929. The van der Waals surface area contributed by atoms with Gasteiger partial charge in [0.05, 0.1) is 6.54 Å². The number of carbonyl (C=O) groups is 1. The fourth-order valence-corrected chi connectivity index (χ4v) is 2.97. The number of hydrogen-bond donors (Lipinski definition) is 2. The average Bonchev–Trinajstić information content (AvgIpc) is 2.75. The summed E-state index contributed by atoms with van der Waals surface area (Å²) < 4.78 is 0. The number of nitrogens with one attached hydrogen (secondary N) is 2. The molecule has 1 amide bonds. The molecule has 2 saturated heterocycles. The van der Waals surface area contributed by atoms with E-state index in [1.807, 2.05) is 0 Å². The highest BCUT2D eigenvalue weighted by Gasteiger charge is 2.33. The van der Waals surface area contributed by atoms with Crippen molar-refractivity contribution in [1.82, 2.24) is 15.5 Å². The Hall–Kier alpha value is -0.610. The van der Waals surface area contributed by atoms with E-state index in [1.165, 1.54) is 12.8 Å². The van der Waals surface area contributed by atoms with Crippen molar-refractivity contribution in [3.05, 3.63) is 0 Å². The Morgan fingerprint density at radius 3 is 2.94 bits per heavy atom. The zero-order chi connectivity index (χ0) is 13.2. The first-order valence-electron chi connectivity index (χ1n) is 7.27. The third kappa shape index (κ3) is 3.45. The van der Waals surface area contributed by atoms with Gasteiger partial charge in [-0.2, -0.15) is 0 Å². The van der Waals surface area contributed by atoms with Gasteiger partial charge in [0.15, 0.2) is 0 Å². The Morgan fingerprint density at radius 1 is 1.44 bits per heavy atom. The molecule has 2 aliphatic heterocycles. The molecule has 0 aromatic heterocycles. The molecule has 0 aromatic rings. The van der Waals surface area contributed by atoms with Crippen molar-refractivity contribution in [2.45, 2.75) is 51.6 Å². The average molecular weight is 253 g/mol. The van der Waals surface area contributed by atoms with Crippen LogP contribution in [0.2, 0.25) is 0 Å². The Bertz CT molecular complexity index is 303. The molecule has 0 aromatic carbocycles. The monoisotopic (exact) mass is 253 g/mol. The van der Waals surface area contributed by atoms with Gasteiger partial charge in [0, 0.05) is 24.7 Å². The zero-order valence-corrected chi connectivity index (χ0v) is 12.0. The molecule has 2 N–H and O–H groups in total. The van der Waals surface area contributed by atoms with Gasteiger partial charge in [-0.3, -0.25) is 9.69 Å². The molecular weight excluding hydrogens is 226 g/mol. The Kier molecular flexibility index (Phi) is 4.28. The van der Waals surface area contributed by atoms with Crippen LogP contribution in [0.25, 0.3) is 0 Å². The highest BCUT2D eigenvalue weighted by atomic mass is 16.2. The Balaban J connectivity index is 1.78. The lowest BCUT2D eigenvalue weighted by Crippen LogP contribution is -2.51. The van der Waals surface area contributed by atoms with Crippen LogP contribution in [0.15, 0.2) is 0 Å². The highest BCUT2D eigenvalue weighted by Crippen LogP contribution is 2.24. The predicted octanol–water partition coefficient (Wildman–Crippen LogP) is 0.975. The number of nitrogens with zero attached hydrogens (tertiary/aromatic N) is 1. The lowest BCUT2D eigenvalue weighted by atomic mass is 9.93. The van der Waals surface area contributed by atoms with E-state index >= 15 is 0 Å². The van der Waals surface area contributed by atoms with Crippen LogP contribution < -0.4 is 10.6 Å². The van der Waals surface area contributed by atoms with Crippen LogP contribution in [0.3, 0.4) is 0 Å². The normalized spacial score (nSPS) is 29.1. The second-order valence-electron chi connectivity index (χ2n) is 6.42. The second-order valence-corrected chi connectivity index (χ2v) is 6.42. The molecule has 0 aliphatic carbocycles. The first kappa shape index (κ1) is 13.8. The SMILES string of the molecule is CCC(C)(C)NC(=O)CN1CCC2NCCC2C1. The number of hydrogen-bond acceptors (Lipinski definition) is 3. The third-order valence-corrected chi connectivity index (χ3v) is 4.47. The van der Waals surface area contributed by atoms with Gasteiger partial charge in [-0.15, -0.1) is 0 Å². The van der Waals surface area contributed by atoms with Crippen LogP contribution in [0.4, 0.5) is 0 Å². The van der Waals surface area contributed by atoms with Crippen LogP contribution in [0.5, 0.6) is 0 Å². The topological polar surface area (TPSA) is 44.4 Å². The van der Waals surface area contributed by atoms with E-state index in [-0.39, 0.29) is 11.4 Å². The minimum absolute atomic E-state index is 0.0790. The number of likely N-dealkylation sites (tertiary alicyclic amines) is 1. The van der Waals surface area contributed by atoms with Gasteiger partial charge < -0.3 is 10.6 Å². The molecule has 18 heavy (non-hydrogen) atoms. The van der Waals surface area contributed by atoms with Crippen molar-refractivity contribution in [3.63, 3.8) is 0 Å². The Morgan fingerprint density at radius 2 is 2.22 bits per heavy atom. The summed E-state index contributed by atoms with van der Waals surface area (Å²) in [5.74, 6) is 0.928. The van der Waals surface area contributed by atoms with Gasteiger partial charge in [-0.1, -0.05) is 6.92 Å². The molecule has 4 nitrogen and oxygen atoms in total. The largest absolute Gasteiger partial charge is 0.350 e. The maximum Gasteiger partial charge on any atom is 0.234 e. The number of piperidine rings is 1. The maximum absolute atomic E-state index is 12.0. The summed E-state index contributed by atoms with van der Waals surface area (Å²) in [4.78, 5) is 14.3. The van der Waals surface area contributed by atoms with Crippen LogP contribution in [-0.2, 0) is 4.79 Å². The van der Waals surface area contributed by atoms with Crippen molar-refractivity contribution < 1.29 is 4.79 Å². The predicted molar refractivity (Wildman–Crippen MR) is 73.5 cm³/mol. The van der Waals surface area contributed by atoms with Crippen molar-refractivity contribution in [3.8, 4) is 0 Å². The summed E-state index contributed by atoms with van der Waals surface area (Å²) in [5.41, 5.74) is -0.0790. The van der Waals surface area contributed by atoms with E-state index in [4.69, 9.17) is 0 Å². The molecule has 2 aliphatic rings. The van der Waals surface area contributed by atoms with Crippen LogP contribution in [0, 0.1) is 5.92 Å². The highest BCUT2D eigenvalue weighted by molar-refractivity contribution is 5.78. The molecular formula is C14H27N3O. The van der Waals surface area contributed by atoms with E-state index in [0.717, 1.165) is 32.0 Å². The summed E-state index contributed by atoms with van der Waals surface area (Å²) in [6.07, 6.45) is 3.42. The van der Waals surface area contributed by atoms with Crippen LogP contribution in [-0.4, -0.2) is 48.6 Å². The van der Waals surface area contributed by atoms with Gasteiger partial charge in [-0.05, 0) is 45.6 Å². The third-order valence-electron chi connectivity index (χ3n) is 4.47.